The SMILES string of the molecule is CC(c1ccccc1)C1CCCC(c2cc(O)cc(Cc3cc(O)cc(C4CCCC(C(C)c5ccccc5)C4)c3)c2)C1. The first-order chi connectivity index (χ1) is 20.9. The molecule has 0 aliphatic heterocycles. The van der Waals surface area contributed by atoms with Crippen LogP contribution < -0.4 is 0 Å². The van der Waals surface area contributed by atoms with Crippen molar-refractivity contribution >= 4 is 0 Å². The van der Waals surface area contributed by atoms with E-state index in [1.54, 1.807) is 0 Å². The van der Waals surface area contributed by atoms with E-state index >= 15 is 0 Å². The summed E-state index contributed by atoms with van der Waals surface area (Å²) in [5.74, 6) is 4.06. The highest BCUT2D eigenvalue weighted by Crippen LogP contribution is 2.45. The van der Waals surface area contributed by atoms with Crippen LogP contribution in [-0.2, 0) is 6.42 Å². The summed E-state index contributed by atoms with van der Waals surface area (Å²) in [5.41, 5.74) is 7.66. The van der Waals surface area contributed by atoms with Crippen LogP contribution in [0.3, 0.4) is 0 Å². The number of phenolic OH excluding ortho intramolecular Hbond substituents is 2. The number of phenols is 2. The van der Waals surface area contributed by atoms with Gasteiger partial charge in [0.1, 0.15) is 11.5 Å². The molecule has 0 spiro atoms. The molecular formula is C41H48O2. The fourth-order valence-corrected chi connectivity index (χ4v) is 8.34. The first-order valence-corrected chi connectivity index (χ1v) is 16.7. The Labute approximate surface area is 258 Å². The summed E-state index contributed by atoms with van der Waals surface area (Å²) < 4.78 is 0. The van der Waals surface area contributed by atoms with Gasteiger partial charge < -0.3 is 10.2 Å². The van der Waals surface area contributed by atoms with E-state index < -0.39 is 0 Å². The quantitative estimate of drug-likeness (QED) is 0.220. The van der Waals surface area contributed by atoms with Crippen LogP contribution in [-0.4, -0.2) is 10.2 Å². The molecule has 2 heteroatoms. The fourth-order valence-electron chi connectivity index (χ4n) is 8.34. The van der Waals surface area contributed by atoms with Crippen LogP contribution in [0.25, 0.3) is 0 Å². The predicted octanol–water partition coefficient (Wildman–Crippen LogP) is 10.8. The highest BCUT2D eigenvalue weighted by Gasteiger charge is 2.29. The van der Waals surface area contributed by atoms with E-state index in [0.717, 1.165) is 17.5 Å². The maximum atomic E-state index is 10.8. The second kappa shape index (κ2) is 13.4. The van der Waals surface area contributed by atoms with Gasteiger partial charge in [-0.2, -0.15) is 0 Å². The van der Waals surface area contributed by atoms with Crippen molar-refractivity contribution in [3.63, 3.8) is 0 Å². The second-order valence-electron chi connectivity index (χ2n) is 13.7. The largest absolute Gasteiger partial charge is 0.508 e. The van der Waals surface area contributed by atoms with Crippen molar-refractivity contribution < 1.29 is 10.2 Å². The summed E-state index contributed by atoms with van der Waals surface area (Å²) in [7, 11) is 0. The van der Waals surface area contributed by atoms with Crippen molar-refractivity contribution in [1.82, 2.24) is 0 Å². The molecule has 0 heterocycles. The summed E-state index contributed by atoms with van der Waals surface area (Å²) in [6.07, 6.45) is 10.4. The molecule has 4 aromatic carbocycles. The third-order valence-corrected chi connectivity index (χ3v) is 10.8. The zero-order chi connectivity index (χ0) is 29.8. The molecule has 0 amide bonds. The van der Waals surface area contributed by atoms with Crippen LogP contribution in [0.5, 0.6) is 11.5 Å². The van der Waals surface area contributed by atoms with Crippen LogP contribution in [0.4, 0.5) is 0 Å². The van der Waals surface area contributed by atoms with E-state index in [1.165, 1.54) is 73.6 Å². The van der Waals surface area contributed by atoms with Gasteiger partial charge in [-0.15, -0.1) is 0 Å². The summed E-state index contributed by atoms with van der Waals surface area (Å²) >= 11 is 0. The van der Waals surface area contributed by atoms with Gasteiger partial charge in [-0.3, -0.25) is 0 Å². The smallest absolute Gasteiger partial charge is 0.116 e. The summed E-state index contributed by atoms with van der Waals surface area (Å²) in [6, 6.07) is 34.3. The molecule has 224 valence electrons. The molecule has 43 heavy (non-hydrogen) atoms. The molecule has 4 aromatic rings. The first-order valence-electron chi connectivity index (χ1n) is 16.7. The zero-order valence-corrected chi connectivity index (χ0v) is 26.0. The van der Waals surface area contributed by atoms with Crippen molar-refractivity contribution in [1.29, 1.82) is 0 Å². The molecule has 0 radical (unpaired) electrons. The maximum Gasteiger partial charge on any atom is 0.116 e. The van der Waals surface area contributed by atoms with E-state index in [4.69, 9.17) is 0 Å². The highest BCUT2D eigenvalue weighted by atomic mass is 16.3. The van der Waals surface area contributed by atoms with E-state index in [-0.39, 0.29) is 0 Å². The number of hydrogen-bond acceptors (Lipinski definition) is 2. The Kier molecular flexibility index (Phi) is 9.22. The monoisotopic (exact) mass is 572 g/mol. The molecule has 2 nitrogen and oxygen atoms in total. The fraction of sp³-hybridized carbons (Fsp3) is 0.415. The molecule has 2 saturated carbocycles. The molecule has 0 aromatic heterocycles. The lowest BCUT2D eigenvalue weighted by Crippen LogP contribution is -2.19. The third kappa shape index (κ3) is 7.18. The molecule has 0 saturated heterocycles. The van der Waals surface area contributed by atoms with Crippen LogP contribution in [0, 0.1) is 11.8 Å². The Balaban J connectivity index is 1.17. The molecular weight excluding hydrogens is 524 g/mol. The molecule has 6 rings (SSSR count). The van der Waals surface area contributed by atoms with Gasteiger partial charge >= 0.3 is 0 Å². The highest BCUT2D eigenvalue weighted by molar-refractivity contribution is 5.42. The minimum Gasteiger partial charge on any atom is -0.508 e. The van der Waals surface area contributed by atoms with Crippen LogP contribution in [0.15, 0.2) is 97.1 Å². The Morgan fingerprint density at radius 2 is 0.977 bits per heavy atom. The normalized spacial score (nSPS) is 23.9. The third-order valence-electron chi connectivity index (χ3n) is 10.8. The minimum absolute atomic E-state index is 0.358. The minimum atomic E-state index is 0.358. The molecule has 6 unspecified atom stereocenters. The second-order valence-corrected chi connectivity index (χ2v) is 13.7. The van der Waals surface area contributed by atoms with Crippen LogP contribution in [0.2, 0.25) is 0 Å². The molecule has 2 aliphatic carbocycles. The van der Waals surface area contributed by atoms with Gasteiger partial charge in [-0.1, -0.05) is 99.5 Å². The number of hydrogen-bond donors (Lipinski definition) is 2. The van der Waals surface area contributed by atoms with Gasteiger partial charge in [0.25, 0.3) is 0 Å². The van der Waals surface area contributed by atoms with Crippen molar-refractivity contribution in [3.05, 3.63) is 130 Å². The van der Waals surface area contributed by atoms with Crippen LogP contribution >= 0.6 is 0 Å². The number of aromatic hydroxyl groups is 2. The summed E-state index contributed by atoms with van der Waals surface area (Å²) in [6.45, 7) is 4.76. The Morgan fingerprint density at radius 3 is 1.40 bits per heavy atom. The Morgan fingerprint density at radius 1 is 0.558 bits per heavy atom. The molecule has 2 aliphatic rings. The van der Waals surface area contributed by atoms with Gasteiger partial charge in [0.15, 0.2) is 0 Å². The topological polar surface area (TPSA) is 40.5 Å². The van der Waals surface area contributed by atoms with Gasteiger partial charge in [-0.25, -0.2) is 0 Å². The van der Waals surface area contributed by atoms with Gasteiger partial charge in [-0.05, 0) is 138 Å². The number of rotatable bonds is 8. The Hall–Kier alpha value is -3.52. The predicted molar refractivity (Wildman–Crippen MR) is 178 cm³/mol. The van der Waals surface area contributed by atoms with Crippen molar-refractivity contribution in [2.24, 2.45) is 11.8 Å². The lowest BCUT2D eigenvalue weighted by Gasteiger charge is -2.34. The van der Waals surface area contributed by atoms with Gasteiger partial charge in [0, 0.05) is 0 Å². The maximum absolute atomic E-state index is 10.8. The van der Waals surface area contributed by atoms with Gasteiger partial charge in [0.05, 0.1) is 0 Å². The molecule has 0 bridgehead atoms. The van der Waals surface area contributed by atoms with E-state index in [9.17, 15) is 10.2 Å². The van der Waals surface area contributed by atoms with E-state index in [2.05, 4.69) is 86.6 Å². The average Bonchev–Trinajstić information content (AvgIpc) is 3.04. The zero-order valence-electron chi connectivity index (χ0n) is 26.0. The van der Waals surface area contributed by atoms with Gasteiger partial charge in [0.2, 0.25) is 0 Å². The lowest BCUT2D eigenvalue weighted by molar-refractivity contribution is 0.286. The first kappa shape index (κ1) is 29.5. The molecule has 6 atom stereocenters. The standard InChI is InChI=1S/C41H48O2/c1-28(32-11-5-3-6-12-32)34-15-9-17-36(24-34)38-20-30(22-40(42)26-38)19-31-21-39(27-41(43)23-31)37-18-10-16-35(25-37)29(2)33-13-7-4-8-14-33/h3-8,11-14,20-23,26-29,34-37,42-43H,9-10,15-19,24-25H2,1-2H3. The number of benzene rings is 4. The van der Waals surface area contributed by atoms with Crippen LogP contribution in [0.1, 0.15) is 122 Å². The molecule has 2 fully saturated rings. The van der Waals surface area contributed by atoms with Crippen molar-refractivity contribution in [2.75, 3.05) is 0 Å². The molecule has 2 N–H and O–H groups in total. The van der Waals surface area contributed by atoms with E-state index in [0.29, 0.717) is 47.0 Å². The average molecular weight is 573 g/mol. The van der Waals surface area contributed by atoms with Crippen molar-refractivity contribution in [2.45, 2.75) is 95.3 Å². The Bertz CT molecular complexity index is 1360. The van der Waals surface area contributed by atoms with E-state index in [1.807, 2.05) is 24.3 Å². The summed E-state index contributed by atoms with van der Waals surface area (Å²) in [5, 5.41) is 21.6. The lowest BCUT2D eigenvalue weighted by atomic mass is 9.71. The van der Waals surface area contributed by atoms with Crippen molar-refractivity contribution in [3.8, 4) is 11.5 Å². The summed E-state index contributed by atoms with van der Waals surface area (Å²) in [4.78, 5) is 0.